The number of carboxylic acids is 1. The number of nitrogens with one attached hydrogen (secondary N) is 2. The molecule has 3 aromatic carbocycles. The lowest BCUT2D eigenvalue weighted by atomic mass is 9.97. The zero-order valence-electron chi connectivity index (χ0n) is 26.8. The number of carbonyl (C=O) groups is 3. The molecule has 0 aliphatic heterocycles. The van der Waals surface area contributed by atoms with Crippen molar-refractivity contribution in [2.45, 2.75) is 12.8 Å². The minimum Gasteiger partial charge on any atom is -0.507 e. The summed E-state index contributed by atoms with van der Waals surface area (Å²) in [6.07, 6.45) is 0.452. The van der Waals surface area contributed by atoms with Gasteiger partial charge in [-0.3, -0.25) is 14.1 Å². The molecule has 0 aliphatic rings. The van der Waals surface area contributed by atoms with Crippen LogP contribution in [0, 0.1) is 0 Å². The number of amides is 2. The van der Waals surface area contributed by atoms with Crippen LogP contribution in [0.25, 0.3) is 17.2 Å². The number of hydrogen-bond donors (Lipinski definition) is 9. The molecule has 53 heavy (non-hydrogen) atoms. The molecule has 2 amide bonds. The van der Waals surface area contributed by atoms with Gasteiger partial charge in [-0.2, -0.15) is 8.42 Å². The molecular weight excluding hydrogens is 956 g/mol. The number of carbonyl (C=O) groups excluding carboxylic acids is 2. The van der Waals surface area contributed by atoms with Gasteiger partial charge in [0.25, 0.3) is 11.8 Å². The molecule has 0 atom stereocenters. The zero-order chi connectivity index (χ0) is 39.5. The fourth-order valence-electron chi connectivity index (χ4n) is 4.37. The summed E-state index contributed by atoms with van der Waals surface area (Å²) in [5, 5.41) is 70.7. The fourth-order valence-corrected chi connectivity index (χ4v) is 8.10. The molecule has 0 spiro atoms. The normalized spacial score (nSPS) is 12.4. The molecule has 284 valence electrons. The summed E-state index contributed by atoms with van der Waals surface area (Å²) in [4.78, 5) is 35.3. The van der Waals surface area contributed by atoms with E-state index in [1.807, 2.05) is 0 Å². The number of aliphatic carboxylic acids is 1. The lowest BCUT2D eigenvalue weighted by Gasteiger charge is -2.14. The second-order valence-corrected chi connectivity index (χ2v) is 17.2. The summed E-state index contributed by atoms with van der Waals surface area (Å²) in [6, 6.07) is 9.78. The van der Waals surface area contributed by atoms with Gasteiger partial charge >= 0.3 is 16.1 Å². The number of phenols is 3. The predicted octanol–water partition coefficient (Wildman–Crippen LogP) is 5.13. The molecular formula is C31H29Br3N4O12S3. The van der Waals surface area contributed by atoms with E-state index in [9.17, 15) is 58.2 Å². The van der Waals surface area contributed by atoms with Crippen LogP contribution in [0.4, 0.5) is 0 Å². The highest BCUT2D eigenvalue weighted by Crippen LogP contribution is 2.44. The number of halogens is 3. The molecule has 0 aromatic heterocycles. The van der Waals surface area contributed by atoms with Crippen molar-refractivity contribution in [1.29, 1.82) is 0 Å². The standard InChI is InChI=1S/C31H29Br3N4O12S3/c32-20-9-15(1-2-25(20)39)12-23(37-46)29(42)35-3-5-51-52-6-4-36-30(43)24(38-47)13-16-7-18(27(40)21(33)10-16)19-8-17(11-22(34)28(19)41)14-26(31(44)45)53(48,49)50/h1-2,7-11,14,39-41,46-47H,3-6,12-13H2,(H,35,42)(H,36,43)(H,44,45)(H,48,49,50)/b26-14+,37-23+,38-24+. The van der Waals surface area contributed by atoms with Crippen LogP contribution >= 0.6 is 69.4 Å². The smallest absolute Gasteiger partial charge is 0.349 e. The Balaban J connectivity index is 1.56. The first-order valence-electron chi connectivity index (χ1n) is 14.6. The number of rotatable bonds is 17. The summed E-state index contributed by atoms with van der Waals surface area (Å²) < 4.78 is 33.0. The molecule has 3 rings (SSSR count). The number of hydrogen-bond acceptors (Lipinski definition) is 14. The molecule has 0 radical (unpaired) electrons. The van der Waals surface area contributed by atoms with Gasteiger partial charge in [0.1, 0.15) is 28.7 Å². The van der Waals surface area contributed by atoms with Crippen LogP contribution in [-0.2, 0) is 37.3 Å². The summed E-state index contributed by atoms with van der Waals surface area (Å²) >= 11 is 9.49. The highest BCUT2D eigenvalue weighted by molar-refractivity contribution is 9.11. The molecule has 0 saturated carbocycles. The molecule has 0 heterocycles. The maximum atomic E-state index is 12.8. The minimum absolute atomic E-state index is 0.0130. The van der Waals surface area contributed by atoms with E-state index in [4.69, 9.17) is 0 Å². The molecule has 9 N–H and O–H groups in total. The monoisotopic (exact) mass is 982 g/mol. The molecule has 22 heteroatoms. The van der Waals surface area contributed by atoms with Crippen LogP contribution in [0.3, 0.4) is 0 Å². The van der Waals surface area contributed by atoms with Crippen molar-refractivity contribution in [2.24, 2.45) is 10.3 Å². The Kier molecular flexibility index (Phi) is 16.5. The van der Waals surface area contributed by atoms with E-state index in [1.54, 1.807) is 12.1 Å². The van der Waals surface area contributed by atoms with Crippen molar-refractivity contribution in [1.82, 2.24) is 10.6 Å². The van der Waals surface area contributed by atoms with Crippen molar-refractivity contribution in [2.75, 3.05) is 24.6 Å². The van der Waals surface area contributed by atoms with Gasteiger partial charge in [0.15, 0.2) is 4.91 Å². The van der Waals surface area contributed by atoms with E-state index in [0.29, 0.717) is 33.2 Å². The topological polar surface area (TPSA) is 276 Å². The van der Waals surface area contributed by atoms with E-state index in [0.717, 1.165) is 6.07 Å². The van der Waals surface area contributed by atoms with E-state index >= 15 is 0 Å². The van der Waals surface area contributed by atoms with Crippen LogP contribution in [0.1, 0.15) is 16.7 Å². The maximum Gasteiger partial charge on any atom is 0.349 e. The number of aromatic hydroxyl groups is 3. The van der Waals surface area contributed by atoms with Crippen molar-refractivity contribution in [3.05, 3.63) is 77.5 Å². The first kappa shape index (κ1) is 43.6. The minimum atomic E-state index is -5.12. The molecule has 0 fully saturated rings. The highest BCUT2D eigenvalue weighted by Gasteiger charge is 2.24. The number of oxime groups is 2. The summed E-state index contributed by atoms with van der Waals surface area (Å²) in [7, 11) is -2.31. The second kappa shape index (κ2) is 20.0. The van der Waals surface area contributed by atoms with E-state index in [-0.39, 0.29) is 74.5 Å². The second-order valence-electron chi connectivity index (χ2n) is 10.5. The molecule has 0 aliphatic carbocycles. The van der Waals surface area contributed by atoms with Gasteiger partial charge < -0.3 is 41.5 Å². The molecule has 3 aromatic rings. The Morgan fingerprint density at radius 3 is 1.72 bits per heavy atom. The van der Waals surface area contributed by atoms with E-state index < -0.39 is 38.6 Å². The Morgan fingerprint density at radius 1 is 0.736 bits per heavy atom. The Morgan fingerprint density at radius 2 is 1.23 bits per heavy atom. The van der Waals surface area contributed by atoms with Gasteiger partial charge in [-0.05, 0) is 107 Å². The number of benzene rings is 3. The largest absolute Gasteiger partial charge is 0.507 e. The number of phenolic OH excluding ortho intramolecular Hbond substituents is 3. The first-order valence-corrected chi connectivity index (χ1v) is 20.9. The molecule has 0 bridgehead atoms. The molecule has 0 unspecified atom stereocenters. The highest BCUT2D eigenvalue weighted by atomic mass is 79.9. The van der Waals surface area contributed by atoms with Crippen LogP contribution in [-0.4, -0.2) is 97.6 Å². The van der Waals surface area contributed by atoms with Gasteiger partial charge in [0.05, 0.1) is 13.4 Å². The zero-order valence-corrected chi connectivity index (χ0v) is 34.0. The number of carboxylic acid groups (broad SMARTS) is 1. The average molecular weight is 986 g/mol. The lowest BCUT2D eigenvalue weighted by molar-refractivity contribution is -0.131. The number of nitrogens with zero attached hydrogens (tertiary/aromatic N) is 2. The van der Waals surface area contributed by atoms with Crippen LogP contribution in [0.5, 0.6) is 17.2 Å². The van der Waals surface area contributed by atoms with Gasteiger partial charge in [-0.1, -0.05) is 38.0 Å². The first-order chi connectivity index (χ1) is 25.0. The summed E-state index contributed by atoms with van der Waals surface area (Å²) in [6.45, 7) is 0.441. The molecule has 0 saturated heterocycles. The SMILES string of the molecule is O=C(O)/C(=C\c1cc(Br)c(O)c(-c2cc(C/C(=N\O)C(=O)NCCSSCCNC(=O)/C(Cc3ccc(O)c(Br)c3)=N/O)cc(Br)c2O)c1)S(=O)(=O)O. The van der Waals surface area contributed by atoms with Crippen LogP contribution < -0.4 is 10.6 Å². The predicted molar refractivity (Wildman–Crippen MR) is 210 cm³/mol. The summed E-state index contributed by atoms with van der Waals surface area (Å²) in [5.74, 6) is -3.02. The van der Waals surface area contributed by atoms with Crippen molar-refractivity contribution in [3.63, 3.8) is 0 Å². The third-order valence-electron chi connectivity index (χ3n) is 6.83. The van der Waals surface area contributed by atoms with Crippen molar-refractivity contribution in [3.8, 4) is 28.4 Å². The Bertz CT molecular complexity index is 2100. The van der Waals surface area contributed by atoms with Gasteiger partial charge in [0.2, 0.25) is 0 Å². The average Bonchev–Trinajstić information content (AvgIpc) is 3.09. The van der Waals surface area contributed by atoms with Gasteiger partial charge in [0, 0.05) is 48.6 Å². The van der Waals surface area contributed by atoms with Gasteiger partial charge in [-0.15, -0.1) is 0 Å². The van der Waals surface area contributed by atoms with E-state index in [2.05, 4.69) is 68.7 Å². The van der Waals surface area contributed by atoms with Crippen LogP contribution in [0.15, 0.2) is 71.1 Å². The Hall–Kier alpha value is -3.80. The van der Waals surface area contributed by atoms with E-state index in [1.165, 1.54) is 45.9 Å². The van der Waals surface area contributed by atoms with Crippen molar-refractivity contribution >= 4 is 115 Å². The quantitative estimate of drug-likeness (QED) is 0.0161. The Labute approximate surface area is 335 Å². The fraction of sp³-hybridized carbons (Fsp3) is 0.194. The summed E-state index contributed by atoms with van der Waals surface area (Å²) in [5.41, 5.74) is 0.365. The maximum absolute atomic E-state index is 12.8. The van der Waals surface area contributed by atoms with Crippen LogP contribution in [0.2, 0.25) is 0 Å². The molecule has 16 nitrogen and oxygen atoms in total. The lowest BCUT2D eigenvalue weighted by Crippen LogP contribution is -2.34. The third kappa shape index (κ3) is 12.6. The third-order valence-corrected chi connectivity index (χ3v) is 11.9. The van der Waals surface area contributed by atoms with Gasteiger partial charge in [-0.25, -0.2) is 4.79 Å². The van der Waals surface area contributed by atoms with Crippen molar-refractivity contribution < 1.29 is 58.2 Å².